The lowest BCUT2D eigenvalue weighted by Gasteiger charge is -2.12. The van der Waals surface area contributed by atoms with Gasteiger partial charge in [-0.05, 0) is 43.7 Å². The van der Waals surface area contributed by atoms with Crippen molar-refractivity contribution in [1.29, 1.82) is 0 Å². The summed E-state index contributed by atoms with van der Waals surface area (Å²) in [6.45, 7) is 2.70. The van der Waals surface area contributed by atoms with E-state index in [1.807, 2.05) is 31.2 Å². The number of rotatable bonds is 5. The first-order valence-corrected chi connectivity index (χ1v) is 9.06. The van der Waals surface area contributed by atoms with E-state index >= 15 is 0 Å². The van der Waals surface area contributed by atoms with E-state index in [4.69, 9.17) is 0 Å². The van der Waals surface area contributed by atoms with Crippen LogP contribution < -0.4 is 10.9 Å². The van der Waals surface area contributed by atoms with Crippen LogP contribution in [-0.4, -0.2) is 27.2 Å². The average molecular weight is 378 g/mol. The minimum Gasteiger partial charge on any atom is -0.352 e. The number of amides is 1. The number of nitrogens with zero attached hydrogens (tertiary/aromatic N) is 2. The molecule has 0 aliphatic heterocycles. The molecule has 0 radical (unpaired) electrons. The van der Waals surface area contributed by atoms with Gasteiger partial charge in [-0.3, -0.25) is 14.7 Å². The van der Waals surface area contributed by atoms with Gasteiger partial charge in [0.1, 0.15) is 11.3 Å². The van der Waals surface area contributed by atoms with Crippen molar-refractivity contribution in [3.63, 3.8) is 0 Å². The molecule has 0 spiro atoms. The molecule has 28 heavy (non-hydrogen) atoms. The van der Waals surface area contributed by atoms with Gasteiger partial charge in [0.15, 0.2) is 0 Å². The van der Waals surface area contributed by atoms with Crippen LogP contribution in [0.15, 0.2) is 53.3 Å². The van der Waals surface area contributed by atoms with Crippen molar-refractivity contribution in [3.8, 4) is 0 Å². The van der Waals surface area contributed by atoms with Crippen LogP contribution >= 0.6 is 0 Å². The second-order valence-corrected chi connectivity index (χ2v) is 6.66. The zero-order valence-corrected chi connectivity index (χ0v) is 15.3. The molecular weight excluding hydrogens is 359 g/mol. The van der Waals surface area contributed by atoms with Gasteiger partial charge >= 0.3 is 0 Å². The van der Waals surface area contributed by atoms with Gasteiger partial charge in [0.2, 0.25) is 0 Å². The molecule has 2 N–H and O–H groups in total. The highest BCUT2D eigenvalue weighted by atomic mass is 19.1. The molecule has 4 rings (SSSR count). The number of aromatic amines is 1. The van der Waals surface area contributed by atoms with E-state index in [2.05, 4.69) is 15.5 Å². The van der Waals surface area contributed by atoms with Crippen LogP contribution in [0.2, 0.25) is 0 Å². The van der Waals surface area contributed by atoms with E-state index < -0.39 is 0 Å². The quantitative estimate of drug-likeness (QED) is 0.524. The number of nitrogens with one attached hydrogen (secondary N) is 2. The maximum Gasteiger partial charge on any atom is 0.262 e. The molecule has 2 aromatic heterocycles. The molecule has 2 heterocycles. The minimum absolute atomic E-state index is 0.0928. The monoisotopic (exact) mass is 378 g/mol. The summed E-state index contributed by atoms with van der Waals surface area (Å²) < 4.78 is 14.7. The van der Waals surface area contributed by atoms with Crippen molar-refractivity contribution >= 4 is 27.7 Å². The lowest BCUT2D eigenvalue weighted by Crippen LogP contribution is -2.27. The summed E-state index contributed by atoms with van der Waals surface area (Å²) in [5, 5.41) is 11.5. The first-order valence-electron chi connectivity index (χ1n) is 9.06. The zero-order chi connectivity index (χ0) is 19.7. The van der Waals surface area contributed by atoms with E-state index in [1.54, 1.807) is 4.57 Å². The Morgan fingerprint density at radius 2 is 1.93 bits per heavy atom. The van der Waals surface area contributed by atoms with Gasteiger partial charge in [-0.2, -0.15) is 5.10 Å². The largest absolute Gasteiger partial charge is 0.352 e. The summed E-state index contributed by atoms with van der Waals surface area (Å²) in [6, 6.07) is 13.0. The smallest absolute Gasteiger partial charge is 0.262 e. The Bertz CT molecular complexity index is 1230. The Morgan fingerprint density at radius 3 is 2.71 bits per heavy atom. The van der Waals surface area contributed by atoms with E-state index in [-0.39, 0.29) is 17.3 Å². The molecular formula is C21H19FN4O2. The Balaban J connectivity index is 1.54. The lowest BCUT2D eigenvalue weighted by atomic mass is 10.1. The van der Waals surface area contributed by atoms with Gasteiger partial charge in [-0.25, -0.2) is 4.39 Å². The number of carbonyl (C=O) groups excluding carboxylic acids is 1. The number of pyridine rings is 1. The summed E-state index contributed by atoms with van der Waals surface area (Å²) in [6.07, 6.45) is 0.583. The SMILES string of the molecule is Cc1[nH]nc2c1c(=O)n(CCCNC(=O)c1ccc(F)cc1)c1ccccc21. The highest BCUT2D eigenvalue weighted by Gasteiger charge is 2.14. The van der Waals surface area contributed by atoms with Gasteiger partial charge in [0.05, 0.1) is 10.9 Å². The number of carbonyl (C=O) groups is 1. The summed E-state index contributed by atoms with van der Waals surface area (Å²) in [7, 11) is 0. The first kappa shape index (κ1) is 17.9. The number of aryl methyl sites for hydroxylation is 2. The van der Waals surface area contributed by atoms with Gasteiger partial charge in [-0.15, -0.1) is 0 Å². The predicted molar refractivity (Wildman–Crippen MR) is 106 cm³/mol. The van der Waals surface area contributed by atoms with Crippen LogP contribution in [0.5, 0.6) is 0 Å². The molecule has 6 nitrogen and oxygen atoms in total. The normalized spacial score (nSPS) is 11.2. The van der Waals surface area contributed by atoms with Crippen LogP contribution in [-0.2, 0) is 6.54 Å². The Labute approximate surface area is 160 Å². The Morgan fingerprint density at radius 1 is 1.18 bits per heavy atom. The minimum atomic E-state index is -0.382. The van der Waals surface area contributed by atoms with E-state index in [0.717, 1.165) is 16.6 Å². The lowest BCUT2D eigenvalue weighted by molar-refractivity contribution is 0.0952. The predicted octanol–water partition coefficient (Wildman–Crippen LogP) is 3.15. The first-order chi connectivity index (χ1) is 13.6. The number of fused-ring (bicyclic) bond motifs is 3. The van der Waals surface area contributed by atoms with Crippen molar-refractivity contribution < 1.29 is 9.18 Å². The molecule has 0 atom stereocenters. The summed E-state index contributed by atoms with van der Waals surface area (Å²) in [5.74, 6) is -0.647. The van der Waals surface area contributed by atoms with E-state index in [1.165, 1.54) is 24.3 Å². The number of hydrogen-bond donors (Lipinski definition) is 2. The summed E-state index contributed by atoms with van der Waals surface area (Å²) in [4.78, 5) is 25.1. The molecule has 0 aliphatic carbocycles. The second kappa shape index (κ2) is 7.26. The van der Waals surface area contributed by atoms with Crippen LogP contribution in [0.25, 0.3) is 21.8 Å². The number of aromatic nitrogens is 3. The molecule has 0 saturated carbocycles. The van der Waals surface area contributed by atoms with Crippen molar-refractivity contribution in [2.24, 2.45) is 0 Å². The molecule has 0 aliphatic rings. The van der Waals surface area contributed by atoms with Gasteiger partial charge < -0.3 is 9.88 Å². The molecule has 2 aromatic carbocycles. The number of H-pyrrole nitrogens is 1. The molecule has 0 fully saturated rings. The third kappa shape index (κ3) is 3.15. The average Bonchev–Trinajstić information content (AvgIpc) is 3.10. The number of benzene rings is 2. The zero-order valence-electron chi connectivity index (χ0n) is 15.3. The molecule has 1 amide bonds. The molecule has 7 heteroatoms. The fourth-order valence-corrected chi connectivity index (χ4v) is 3.40. The topological polar surface area (TPSA) is 79.8 Å². The van der Waals surface area contributed by atoms with Crippen molar-refractivity contribution in [3.05, 3.63) is 76.0 Å². The van der Waals surface area contributed by atoms with Crippen LogP contribution in [0, 0.1) is 12.7 Å². The van der Waals surface area contributed by atoms with Gasteiger partial charge in [0.25, 0.3) is 11.5 Å². The van der Waals surface area contributed by atoms with Crippen LogP contribution in [0.3, 0.4) is 0 Å². The number of halogens is 1. The van der Waals surface area contributed by atoms with Crippen molar-refractivity contribution in [2.75, 3.05) is 6.54 Å². The number of hydrogen-bond acceptors (Lipinski definition) is 3. The molecule has 4 aromatic rings. The van der Waals surface area contributed by atoms with Gasteiger partial charge in [-0.1, -0.05) is 18.2 Å². The second-order valence-electron chi connectivity index (χ2n) is 6.66. The molecule has 0 bridgehead atoms. The Hall–Kier alpha value is -3.48. The third-order valence-corrected chi connectivity index (χ3v) is 4.81. The maximum atomic E-state index is 13.0. The third-order valence-electron chi connectivity index (χ3n) is 4.81. The summed E-state index contributed by atoms with van der Waals surface area (Å²) >= 11 is 0. The molecule has 0 saturated heterocycles. The Kier molecular flexibility index (Phi) is 4.65. The van der Waals surface area contributed by atoms with Gasteiger partial charge in [0, 0.05) is 29.7 Å². The maximum absolute atomic E-state index is 13.0. The van der Waals surface area contributed by atoms with Crippen molar-refractivity contribution in [1.82, 2.24) is 20.1 Å². The fourth-order valence-electron chi connectivity index (χ4n) is 3.40. The fraction of sp³-hybridized carbons (Fsp3) is 0.190. The van der Waals surface area contributed by atoms with Crippen LogP contribution in [0.1, 0.15) is 22.5 Å². The summed E-state index contributed by atoms with van der Waals surface area (Å²) in [5.41, 5.74) is 2.55. The van der Waals surface area contributed by atoms with Crippen LogP contribution in [0.4, 0.5) is 4.39 Å². The molecule has 142 valence electrons. The number of para-hydroxylation sites is 1. The standard InChI is InChI=1S/C21H19FN4O2/c1-13-18-19(25-24-13)16-5-2-3-6-17(16)26(21(18)28)12-4-11-23-20(27)14-7-9-15(22)10-8-14/h2-3,5-10H,4,11-12H2,1H3,(H,23,27)(H,24,25). The highest BCUT2D eigenvalue weighted by Crippen LogP contribution is 2.22. The van der Waals surface area contributed by atoms with E-state index in [9.17, 15) is 14.0 Å². The van der Waals surface area contributed by atoms with Crippen molar-refractivity contribution in [2.45, 2.75) is 19.9 Å². The molecule has 0 unspecified atom stereocenters. The highest BCUT2D eigenvalue weighted by molar-refractivity contribution is 6.03. The van der Waals surface area contributed by atoms with E-state index in [0.29, 0.717) is 36.0 Å².